The van der Waals surface area contributed by atoms with Gasteiger partial charge in [0.05, 0.1) is 0 Å². The molecule has 0 fully saturated rings. The molecular formula is C8H11NO2S. The highest BCUT2D eigenvalue weighted by Crippen LogP contribution is 2.19. The van der Waals surface area contributed by atoms with Crippen LogP contribution < -0.4 is 4.72 Å². The summed E-state index contributed by atoms with van der Waals surface area (Å²) in [5.41, 5.74) is 1.67. The number of hydrogen-bond acceptors (Lipinski definition) is 2. The van der Waals surface area contributed by atoms with Gasteiger partial charge in [-0.05, 0) is 30.7 Å². The topological polar surface area (TPSA) is 49.3 Å². The Kier molecular flexibility index (Phi) is 2.70. The van der Waals surface area contributed by atoms with Crippen molar-refractivity contribution in [2.24, 2.45) is 0 Å². The summed E-state index contributed by atoms with van der Waals surface area (Å²) >= 11 is 0. The zero-order chi connectivity index (χ0) is 9.14. The van der Waals surface area contributed by atoms with Gasteiger partial charge >= 0.3 is 0 Å². The fraction of sp³-hybridized carbons (Fsp3) is 0.250. The van der Waals surface area contributed by atoms with Crippen LogP contribution >= 0.6 is 0 Å². The smallest absolute Gasteiger partial charge is 0.115 e. The first-order valence-corrected chi connectivity index (χ1v) is 5.05. The molecule has 0 aliphatic rings. The van der Waals surface area contributed by atoms with Crippen molar-refractivity contribution in [3.8, 4) is 5.75 Å². The summed E-state index contributed by atoms with van der Waals surface area (Å²) in [5.74, 6) is 0.222. The fourth-order valence-electron chi connectivity index (χ4n) is 0.917. The Morgan fingerprint density at radius 1 is 1.50 bits per heavy atom. The second-order valence-corrected chi connectivity index (χ2v) is 3.67. The summed E-state index contributed by atoms with van der Waals surface area (Å²) in [4.78, 5) is 0. The first-order chi connectivity index (χ1) is 5.59. The zero-order valence-corrected chi connectivity index (χ0v) is 7.81. The molecule has 1 unspecified atom stereocenters. The molecule has 1 aromatic rings. The summed E-state index contributed by atoms with van der Waals surface area (Å²) in [6.45, 7) is 1.84. The van der Waals surface area contributed by atoms with E-state index in [0.29, 0.717) is 0 Å². The number of aryl methyl sites for hydroxylation is 1. The quantitative estimate of drug-likeness (QED) is 0.684. The second kappa shape index (κ2) is 3.58. The Labute approximate surface area is 74.0 Å². The fourth-order valence-corrected chi connectivity index (χ4v) is 1.46. The van der Waals surface area contributed by atoms with Crippen LogP contribution in [0.5, 0.6) is 5.75 Å². The lowest BCUT2D eigenvalue weighted by Gasteiger charge is -2.05. The molecule has 1 rings (SSSR count). The molecule has 0 bridgehead atoms. The molecule has 0 aliphatic heterocycles. The summed E-state index contributed by atoms with van der Waals surface area (Å²) < 4.78 is 13.5. The number of nitrogens with one attached hydrogen (secondary N) is 1. The number of phenols is 1. The third-order valence-corrected chi connectivity index (χ3v) is 1.97. The first-order valence-electron chi connectivity index (χ1n) is 3.49. The monoisotopic (exact) mass is 185 g/mol. The van der Waals surface area contributed by atoms with Crippen molar-refractivity contribution in [2.45, 2.75) is 6.92 Å². The maximum atomic E-state index is 10.8. The van der Waals surface area contributed by atoms with Crippen LogP contribution in [0.3, 0.4) is 0 Å². The third-order valence-electron chi connectivity index (χ3n) is 1.46. The molecule has 0 heterocycles. The Morgan fingerprint density at radius 3 is 2.67 bits per heavy atom. The molecule has 1 aromatic carbocycles. The van der Waals surface area contributed by atoms with Gasteiger partial charge in [-0.15, -0.1) is 0 Å². The summed E-state index contributed by atoms with van der Waals surface area (Å²) in [6, 6.07) is 4.88. The lowest BCUT2D eigenvalue weighted by molar-refractivity contribution is 0.475. The van der Waals surface area contributed by atoms with Gasteiger partial charge < -0.3 is 9.83 Å². The Bertz CT molecular complexity index is 312. The van der Waals surface area contributed by atoms with E-state index in [1.165, 1.54) is 0 Å². The minimum Gasteiger partial charge on any atom is -0.508 e. The van der Waals surface area contributed by atoms with E-state index in [1.807, 2.05) is 6.92 Å². The molecule has 0 saturated carbocycles. The first kappa shape index (κ1) is 9.06. The Hall–Kier alpha value is -1.03. The van der Waals surface area contributed by atoms with Crippen molar-refractivity contribution in [3.05, 3.63) is 23.8 Å². The van der Waals surface area contributed by atoms with Crippen LogP contribution in [0.25, 0.3) is 0 Å². The van der Waals surface area contributed by atoms with Crippen LogP contribution in [0.1, 0.15) is 5.56 Å². The van der Waals surface area contributed by atoms with Crippen molar-refractivity contribution in [3.63, 3.8) is 0 Å². The maximum absolute atomic E-state index is 10.8. The molecule has 0 amide bonds. The van der Waals surface area contributed by atoms with Crippen molar-refractivity contribution in [1.29, 1.82) is 0 Å². The van der Waals surface area contributed by atoms with Gasteiger partial charge in [0.1, 0.15) is 16.7 Å². The van der Waals surface area contributed by atoms with Crippen LogP contribution in [-0.4, -0.2) is 15.6 Å². The largest absolute Gasteiger partial charge is 0.508 e. The molecule has 12 heavy (non-hydrogen) atoms. The number of anilines is 1. The molecule has 0 aromatic heterocycles. The van der Waals surface area contributed by atoms with E-state index < -0.39 is 11.0 Å². The molecule has 0 radical (unpaired) electrons. The highest BCUT2D eigenvalue weighted by atomic mass is 32.2. The van der Waals surface area contributed by atoms with Gasteiger partial charge in [-0.25, -0.2) is 4.21 Å². The molecule has 1 atom stereocenters. The average molecular weight is 185 g/mol. The van der Waals surface area contributed by atoms with Crippen LogP contribution in [0.15, 0.2) is 18.2 Å². The number of hydrogen-bond donors (Lipinski definition) is 2. The van der Waals surface area contributed by atoms with E-state index in [4.69, 9.17) is 5.11 Å². The van der Waals surface area contributed by atoms with Gasteiger partial charge in [0.25, 0.3) is 0 Å². The Morgan fingerprint density at radius 2 is 2.17 bits per heavy atom. The van der Waals surface area contributed by atoms with Gasteiger partial charge in [0.15, 0.2) is 0 Å². The average Bonchev–Trinajstić information content (AvgIpc) is 1.94. The Balaban J connectivity index is 2.93. The van der Waals surface area contributed by atoms with Gasteiger partial charge in [0, 0.05) is 11.9 Å². The van der Waals surface area contributed by atoms with Crippen LogP contribution in [-0.2, 0) is 11.0 Å². The highest BCUT2D eigenvalue weighted by molar-refractivity contribution is 7.85. The van der Waals surface area contributed by atoms with E-state index in [9.17, 15) is 4.21 Å². The van der Waals surface area contributed by atoms with E-state index in [2.05, 4.69) is 4.72 Å². The summed E-state index contributed by atoms with van der Waals surface area (Å²) in [7, 11) is -1.07. The van der Waals surface area contributed by atoms with Crippen molar-refractivity contribution < 1.29 is 9.32 Å². The van der Waals surface area contributed by atoms with Gasteiger partial charge in [-0.1, -0.05) is 0 Å². The van der Waals surface area contributed by atoms with E-state index >= 15 is 0 Å². The number of phenolic OH excluding ortho intramolecular Hbond substituents is 1. The standard InChI is InChI=1S/C8H11NO2S/c1-6-5-7(10)3-4-8(6)9-12(2)11/h3-5,9-10H,1-2H3. The van der Waals surface area contributed by atoms with Gasteiger partial charge in [-0.3, -0.25) is 0 Å². The van der Waals surface area contributed by atoms with Crippen LogP contribution in [0.2, 0.25) is 0 Å². The van der Waals surface area contributed by atoms with E-state index in [-0.39, 0.29) is 5.75 Å². The van der Waals surface area contributed by atoms with E-state index in [0.717, 1.165) is 11.3 Å². The molecule has 0 aliphatic carbocycles. The predicted molar refractivity (Wildman–Crippen MR) is 50.5 cm³/mol. The molecule has 3 nitrogen and oxygen atoms in total. The van der Waals surface area contributed by atoms with Crippen LogP contribution in [0, 0.1) is 6.92 Å². The van der Waals surface area contributed by atoms with Crippen molar-refractivity contribution in [1.82, 2.24) is 0 Å². The zero-order valence-electron chi connectivity index (χ0n) is 7.00. The van der Waals surface area contributed by atoms with E-state index in [1.54, 1.807) is 24.5 Å². The molecular weight excluding hydrogens is 174 g/mol. The van der Waals surface area contributed by atoms with Gasteiger partial charge in [0.2, 0.25) is 0 Å². The minimum atomic E-state index is -1.07. The SMILES string of the molecule is Cc1cc(O)ccc1NS(C)=O. The van der Waals surface area contributed by atoms with Crippen molar-refractivity contribution >= 4 is 16.7 Å². The van der Waals surface area contributed by atoms with Crippen LogP contribution in [0.4, 0.5) is 5.69 Å². The molecule has 66 valence electrons. The molecule has 0 spiro atoms. The number of rotatable bonds is 2. The van der Waals surface area contributed by atoms with Crippen molar-refractivity contribution in [2.75, 3.05) is 11.0 Å². The third kappa shape index (κ3) is 2.23. The summed E-state index contributed by atoms with van der Waals surface area (Å²) in [6.07, 6.45) is 1.56. The minimum absolute atomic E-state index is 0.222. The summed E-state index contributed by atoms with van der Waals surface area (Å²) in [5, 5.41) is 9.07. The predicted octanol–water partition coefficient (Wildman–Crippen LogP) is 1.41. The molecule has 2 N–H and O–H groups in total. The second-order valence-electron chi connectivity index (χ2n) is 2.56. The number of benzene rings is 1. The lowest BCUT2D eigenvalue weighted by Crippen LogP contribution is -2.02. The van der Waals surface area contributed by atoms with Gasteiger partial charge in [-0.2, -0.15) is 0 Å². The molecule has 4 heteroatoms. The number of aromatic hydroxyl groups is 1. The molecule has 0 saturated heterocycles. The lowest BCUT2D eigenvalue weighted by atomic mass is 10.2. The highest BCUT2D eigenvalue weighted by Gasteiger charge is 1.99. The maximum Gasteiger partial charge on any atom is 0.115 e. The normalized spacial score (nSPS) is 12.5.